The van der Waals surface area contributed by atoms with Crippen molar-refractivity contribution in [1.29, 1.82) is 0 Å². The molecule has 0 N–H and O–H groups in total. The predicted octanol–water partition coefficient (Wildman–Crippen LogP) is 4.02. The maximum Gasteiger partial charge on any atom is 0.0636 e. The Morgan fingerprint density at radius 2 is 2.12 bits per heavy atom. The van der Waals surface area contributed by atoms with Crippen LogP contribution in [0.2, 0.25) is 0 Å². The van der Waals surface area contributed by atoms with Gasteiger partial charge in [-0.15, -0.1) is 0 Å². The lowest BCUT2D eigenvalue weighted by atomic mass is 9.85. The average Bonchev–Trinajstić information content (AvgIpc) is 2.38. The van der Waals surface area contributed by atoms with E-state index in [1.807, 2.05) is 7.11 Å². The van der Waals surface area contributed by atoms with Crippen molar-refractivity contribution in [2.45, 2.75) is 44.6 Å². The molecule has 2 atom stereocenters. The molecule has 0 spiro atoms. The summed E-state index contributed by atoms with van der Waals surface area (Å²) in [6, 6.07) is 0. The molecule has 16 heavy (non-hydrogen) atoms. The first kappa shape index (κ1) is 11.7. The van der Waals surface area contributed by atoms with Crippen LogP contribution in [-0.4, -0.2) is 13.2 Å². The lowest BCUT2D eigenvalue weighted by Gasteiger charge is -2.27. The first-order valence-corrected chi connectivity index (χ1v) is 6.42. The van der Waals surface area contributed by atoms with E-state index in [0.29, 0.717) is 6.10 Å². The van der Waals surface area contributed by atoms with Gasteiger partial charge in [-0.25, -0.2) is 0 Å². The zero-order valence-electron chi connectivity index (χ0n) is 10.2. The second-order valence-corrected chi connectivity index (χ2v) is 4.81. The van der Waals surface area contributed by atoms with Gasteiger partial charge in [0.15, 0.2) is 0 Å². The van der Waals surface area contributed by atoms with Crippen molar-refractivity contribution in [2.75, 3.05) is 7.11 Å². The minimum atomic E-state index is 0.449. The zero-order chi connectivity index (χ0) is 11.2. The SMILES string of the molecule is COC1CC=CC[C@H]1CCC1=CC=CCC1. The van der Waals surface area contributed by atoms with Gasteiger partial charge in [-0.1, -0.05) is 36.0 Å². The molecule has 0 saturated carbocycles. The molecule has 0 aromatic heterocycles. The lowest BCUT2D eigenvalue weighted by molar-refractivity contribution is 0.0476. The highest BCUT2D eigenvalue weighted by Crippen LogP contribution is 2.28. The van der Waals surface area contributed by atoms with Gasteiger partial charge in [-0.3, -0.25) is 0 Å². The summed E-state index contributed by atoms with van der Waals surface area (Å²) in [4.78, 5) is 0. The van der Waals surface area contributed by atoms with E-state index in [-0.39, 0.29) is 0 Å². The van der Waals surface area contributed by atoms with Gasteiger partial charge < -0.3 is 4.74 Å². The molecule has 1 unspecified atom stereocenters. The van der Waals surface area contributed by atoms with E-state index in [1.165, 1.54) is 32.1 Å². The van der Waals surface area contributed by atoms with Crippen molar-refractivity contribution in [3.8, 4) is 0 Å². The summed E-state index contributed by atoms with van der Waals surface area (Å²) in [7, 11) is 1.85. The lowest BCUT2D eigenvalue weighted by Crippen LogP contribution is -2.24. The van der Waals surface area contributed by atoms with E-state index in [4.69, 9.17) is 4.74 Å². The maximum absolute atomic E-state index is 5.56. The van der Waals surface area contributed by atoms with Crippen molar-refractivity contribution < 1.29 is 4.74 Å². The number of hydrogen-bond acceptors (Lipinski definition) is 1. The number of ether oxygens (including phenoxy) is 1. The first-order valence-electron chi connectivity index (χ1n) is 6.42. The van der Waals surface area contributed by atoms with E-state index < -0.39 is 0 Å². The average molecular weight is 218 g/mol. The molecule has 88 valence electrons. The molecule has 2 aliphatic carbocycles. The van der Waals surface area contributed by atoms with Crippen LogP contribution in [0.4, 0.5) is 0 Å². The third kappa shape index (κ3) is 3.08. The molecule has 0 saturated heterocycles. The van der Waals surface area contributed by atoms with Crippen molar-refractivity contribution >= 4 is 0 Å². The Kier molecular flexibility index (Phi) is 4.41. The second kappa shape index (κ2) is 6.05. The number of rotatable bonds is 4. The highest BCUT2D eigenvalue weighted by molar-refractivity contribution is 5.17. The molecule has 2 aliphatic rings. The standard InChI is InChI=1S/C15H22O/c1-16-15-10-6-5-9-14(15)12-11-13-7-3-2-4-8-13/h2-3,5-7,14-15H,4,8-12H2,1H3/t14-,15?/m0/s1. The van der Waals surface area contributed by atoms with E-state index in [9.17, 15) is 0 Å². The fraction of sp³-hybridized carbons (Fsp3) is 0.600. The molecule has 0 heterocycles. The quantitative estimate of drug-likeness (QED) is 0.647. The summed E-state index contributed by atoms with van der Waals surface area (Å²) in [6.07, 6.45) is 19.1. The maximum atomic E-state index is 5.56. The summed E-state index contributed by atoms with van der Waals surface area (Å²) in [5, 5.41) is 0. The van der Waals surface area contributed by atoms with Gasteiger partial charge in [0.05, 0.1) is 6.10 Å². The number of allylic oxidation sites excluding steroid dienone is 5. The molecule has 1 nitrogen and oxygen atoms in total. The van der Waals surface area contributed by atoms with Crippen LogP contribution in [0.1, 0.15) is 38.5 Å². The minimum Gasteiger partial charge on any atom is -0.381 e. The third-order valence-corrected chi connectivity index (χ3v) is 3.74. The van der Waals surface area contributed by atoms with Crippen molar-refractivity contribution in [3.63, 3.8) is 0 Å². The van der Waals surface area contributed by atoms with Gasteiger partial charge in [0.1, 0.15) is 0 Å². The normalized spacial score (nSPS) is 29.2. The summed E-state index contributed by atoms with van der Waals surface area (Å²) >= 11 is 0. The van der Waals surface area contributed by atoms with Crippen molar-refractivity contribution in [1.82, 2.24) is 0 Å². The van der Waals surface area contributed by atoms with Gasteiger partial charge in [0.25, 0.3) is 0 Å². The Balaban J connectivity index is 1.82. The third-order valence-electron chi connectivity index (χ3n) is 3.74. The van der Waals surface area contributed by atoms with Crippen LogP contribution in [-0.2, 0) is 4.74 Å². The monoisotopic (exact) mass is 218 g/mol. The van der Waals surface area contributed by atoms with Gasteiger partial charge in [-0.05, 0) is 44.4 Å². The molecule has 2 rings (SSSR count). The van der Waals surface area contributed by atoms with E-state index >= 15 is 0 Å². The Labute approximate surface area is 98.9 Å². The summed E-state index contributed by atoms with van der Waals surface area (Å²) < 4.78 is 5.56. The summed E-state index contributed by atoms with van der Waals surface area (Å²) in [6.45, 7) is 0. The van der Waals surface area contributed by atoms with Crippen LogP contribution in [0.3, 0.4) is 0 Å². The highest BCUT2D eigenvalue weighted by atomic mass is 16.5. The fourth-order valence-corrected chi connectivity index (χ4v) is 2.67. The largest absolute Gasteiger partial charge is 0.381 e. The molecular weight excluding hydrogens is 196 g/mol. The van der Waals surface area contributed by atoms with Crippen LogP contribution >= 0.6 is 0 Å². The summed E-state index contributed by atoms with van der Waals surface area (Å²) in [5.74, 6) is 0.724. The summed E-state index contributed by atoms with van der Waals surface area (Å²) in [5.41, 5.74) is 1.62. The molecule has 0 fully saturated rings. The number of hydrogen-bond donors (Lipinski definition) is 0. The Bertz CT molecular complexity index is 299. The first-order chi connectivity index (χ1) is 7.90. The predicted molar refractivity (Wildman–Crippen MR) is 68.4 cm³/mol. The van der Waals surface area contributed by atoms with Gasteiger partial charge in [-0.2, -0.15) is 0 Å². The van der Waals surface area contributed by atoms with E-state index in [1.54, 1.807) is 5.57 Å². The van der Waals surface area contributed by atoms with Gasteiger partial charge in [0, 0.05) is 7.11 Å². The molecule has 0 aromatic rings. The molecule has 0 bridgehead atoms. The van der Waals surface area contributed by atoms with Crippen LogP contribution in [0, 0.1) is 5.92 Å². The Morgan fingerprint density at radius 3 is 2.88 bits per heavy atom. The van der Waals surface area contributed by atoms with Crippen LogP contribution in [0.25, 0.3) is 0 Å². The molecule has 0 aliphatic heterocycles. The highest BCUT2D eigenvalue weighted by Gasteiger charge is 2.21. The van der Waals surface area contributed by atoms with E-state index in [2.05, 4.69) is 30.4 Å². The van der Waals surface area contributed by atoms with Crippen molar-refractivity contribution in [2.24, 2.45) is 5.92 Å². The second-order valence-electron chi connectivity index (χ2n) is 4.81. The smallest absolute Gasteiger partial charge is 0.0636 e. The molecular formula is C15H22O. The Morgan fingerprint density at radius 1 is 1.25 bits per heavy atom. The van der Waals surface area contributed by atoms with Crippen LogP contribution in [0.15, 0.2) is 36.0 Å². The number of methoxy groups -OCH3 is 1. The molecule has 0 amide bonds. The van der Waals surface area contributed by atoms with Crippen molar-refractivity contribution in [3.05, 3.63) is 36.0 Å². The topological polar surface area (TPSA) is 9.23 Å². The van der Waals surface area contributed by atoms with Gasteiger partial charge in [0.2, 0.25) is 0 Å². The zero-order valence-corrected chi connectivity index (χ0v) is 10.2. The fourth-order valence-electron chi connectivity index (χ4n) is 2.67. The van der Waals surface area contributed by atoms with E-state index in [0.717, 1.165) is 12.3 Å². The molecule has 0 radical (unpaired) electrons. The molecule has 1 heteroatoms. The van der Waals surface area contributed by atoms with Crippen LogP contribution in [0.5, 0.6) is 0 Å². The Hall–Kier alpha value is -0.820. The van der Waals surface area contributed by atoms with Crippen LogP contribution < -0.4 is 0 Å². The minimum absolute atomic E-state index is 0.449. The molecule has 0 aromatic carbocycles. The van der Waals surface area contributed by atoms with Gasteiger partial charge >= 0.3 is 0 Å².